The molecule has 0 unspecified atom stereocenters. The first-order valence-electron chi connectivity index (χ1n) is 5.66. The van der Waals surface area contributed by atoms with E-state index in [-0.39, 0.29) is 0 Å². The summed E-state index contributed by atoms with van der Waals surface area (Å²) in [7, 11) is 0. The van der Waals surface area contributed by atoms with E-state index in [2.05, 4.69) is 34.9 Å². The molecule has 2 aromatic heterocycles. The monoisotopic (exact) mass is 228 g/mol. The molecule has 0 bridgehead atoms. The molecule has 2 aromatic rings. The predicted octanol–water partition coefficient (Wildman–Crippen LogP) is 2.17. The topological polar surface area (TPSA) is 64.7 Å². The molecule has 0 fully saturated rings. The fourth-order valence-corrected chi connectivity index (χ4v) is 1.64. The third-order valence-corrected chi connectivity index (χ3v) is 2.60. The van der Waals surface area contributed by atoms with Gasteiger partial charge >= 0.3 is 0 Å². The highest BCUT2D eigenvalue weighted by molar-refractivity contribution is 5.26. The maximum absolute atomic E-state index is 5.55. The van der Waals surface area contributed by atoms with Gasteiger partial charge in [-0.15, -0.1) is 0 Å². The van der Waals surface area contributed by atoms with Gasteiger partial charge in [0.15, 0.2) is 0 Å². The van der Waals surface area contributed by atoms with Crippen molar-refractivity contribution in [2.45, 2.75) is 26.2 Å². The summed E-state index contributed by atoms with van der Waals surface area (Å²) in [5.74, 6) is 0.799. The zero-order valence-electron chi connectivity index (χ0n) is 10.1. The van der Waals surface area contributed by atoms with Gasteiger partial charge in [-0.2, -0.15) is 0 Å². The van der Waals surface area contributed by atoms with Gasteiger partial charge < -0.3 is 5.73 Å². The molecule has 0 aliphatic rings. The van der Waals surface area contributed by atoms with Crippen molar-refractivity contribution in [1.29, 1.82) is 0 Å². The molecule has 0 aliphatic carbocycles. The lowest BCUT2D eigenvalue weighted by atomic mass is 10.0. The van der Waals surface area contributed by atoms with Crippen molar-refractivity contribution in [3.05, 3.63) is 47.5 Å². The summed E-state index contributed by atoms with van der Waals surface area (Å²) in [5, 5.41) is 0. The van der Waals surface area contributed by atoms with Gasteiger partial charge in [-0.05, 0) is 23.1 Å². The molecule has 0 saturated heterocycles. The van der Waals surface area contributed by atoms with Crippen LogP contribution in [0.25, 0.3) is 0 Å². The lowest BCUT2D eigenvalue weighted by Gasteiger charge is -2.07. The summed E-state index contributed by atoms with van der Waals surface area (Å²) >= 11 is 0. The number of hydrogen-bond acceptors (Lipinski definition) is 4. The number of nitrogens with two attached hydrogens (primary N) is 1. The van der Waals surface area contributed by atoms with E-state index in [4.69, 9.17) is 5.73 Å². The van der Waals surface area contributed by atoms with Crippen molar-refractivity contribution in [3.8, 4) is 0 Å². The van der Waals surface area contributed by atoms with E-state index in [9.17, 15) is 0 Å². The minimum atomic E-state index is 0.315. The van der Waals surface area contributed by atoms with E-state index in [1.807, 2.05) is 18.5 Å². The average molecular weight is 228 g/mol. The Morgan fingerprint density at radius 1 is 1.29 bits per heavy atom. The quantitative estimate of drug-likeness (QED) is 0.874. The minimum Gasteiger partial charge on any atom is -0.368 e. The highest BCUT2D eigenvalue weighted by Crippen LogP contribution is 2.15. The van der Waals surface area contributed by atoms with Gasteiger partial charge in [-0.1, -0.05) is 19.9 Å². The Morgan fingerprint density at radius 2 is 2.12 bits per heavy atom. The SMILES string of the molecule is CC(C)c1cncc(Cc2ccnc(N)n2)c1. The fourth-order valence-electron chi connectivity index (χ4n) is 1.64. The van der Waals surface area contributed by atoms with Crippen molar-refractivity contribution >= 4 is 5.95 Å². The van der Waals surface area contributed by atoms with Crippen molar-refractivity contribution in [2.24, 2.45) is 0 Å². The second-order valence-electron chi connectivity index (χ2n) is 4.36. The fraction of sp³-hybridized carbons (Fsp3) is 0.308. The molecule has 2 heterocycles. The lowest BCUT2D eigenvalue weighted by molar-refractivity contribution is 0.852. The van der Waals surface area contributed by atoms with Crippen LogP contribution in [0.1, 0.15) is 36.6 Å². The van der Waals surface area contributed by atoms with Crippen LogP contribution in [0.3, 0.4) is 0 Å². The molecule has 0 radical (unpaired) electrons. The van der Waals surface area contributed by atoms with Crippen LogP contribution < -0.4 is 5.73 Å². The molecular weight excluding hydrogens is 212 g/mol. The molecular formula is C13H16N4. The number of aromatic nitrogens is 3. The molecule has 0 aromatic carbocycles. The Bertz CT molecular complexity index is 508. The predicted molar refractivity (Wildman–Crippen MR) is 67.6 cm³/mol. The minimum absolute atomic E-state index is 0.315. The summed E-state index contributed by atoms with van der Waals surface area (Å²) in [6.45, 7) is 4.31. The summed E-state index contributed by atoms with van der Waals surface area (Å²) in [6.07, 6.45) is 6.18. The highest BCUT2D eigenvalue weighted by Gasteiger charge is 2.03. The standard InChI is InChI=1S/C13H16N4/c1-9(2)11-5-10(7-15-8-11)6-12-3-4-16-13(14)17-12/h3-5,7-9H,6H2,1-2H3,(H2,14,16,17). The van der Waals surface area contributed by atoms with E-state index < -0.39 is 0 Å². The Labute approximate surface area is 101 Å². The van der Waals surface area contributed by atoms with E-state index in [0.717, 1.165) is 17.7 Å². The maximum atomic E-state index is 5.55. The van der Waals surface area contributed by atoms with Crippen molar-refractivity contribution in [1.82, 2.24) is 15.0 Å². The van der Waals surface area contributed by atoms with Gasteiger partial charge in [0, 0.05) is 25.0 Å². The molecule has 4 heteroatoms. The third-order valence-electron chi connectivity index (χ3n) is 2.60. The number of pyridine rings is 1. The summed E-state index contributed by atoms with van der Waals surface area (Å²) in [4.78, 5) is 12.3. The van der Waals surface area contributed by atoms with Gasteiger partial charge in [0.05, 0.1) is 5.69 Å². The largest absolute Gasteiger partial charge is 0.368 e. The van der Waals surface area contributed by atoms with E-state index >= 15 is 0 Å². The van der Waals surface area contributed by atoms with Crippen LogP contribution in [0.4, 0.5) is 5.95 Å². The Kier molecular flexibility index (Phi) is 3.32. The van der Waals surface area contributed by atoms with Crippen LogP contribution in [-0.2, 0) is 6.42 Å². The molecule has 88 valence electrons. The summed E-state index contributed by atoms with van der Waals surface area (Å²) in [5.41, 5.74) is 8.86. The van der Waals surface area contributed by atoms with E-state index in [1.54, 1.807) is 6.20 Å². The number of hydrogen-bond donors (Lipinski definition) is 1. The Morgan fingerprint density at radius 3 is 2.82 bits per heavy atom. The first-order valence-corrected chi connectivity index (χ1v) is 5.66. The summed E-state index contributed by atoms with van der Waals surface area (Å²) in [6, 6.07) is 4.04. The molecule has 0 amide bonds. The van der Waals surface area contributed by atoms with Crippen LogP contribution in [-0.4, -0.2) is 15.0 Å². The van der Waals surface area contributed by atoms with Crippen molar-refractivity contribution in [3.63, 3.8) is 0 Å². The van der Waals surface area contributed by atoms with Gasteiger partial charge in [-0.25, -0.2) is 9.97 Å². The number of rotatable bonds is 3. The normalized spacial score (nSPS) is 10.8. The Balaban J connectivity index is 2.21. The van der Waals surface area contributed by atoms with Crippen LogP contribution in [0.15, 0.2) is 30.7 Å². The molecule has 0 spiro atoms. The van der Waals surface area contributed by atoms with E-state index in [1.165, 1.54) is 5.56 Å². The summed E-state index contributed by atoms with van der Waals surface area (Å²) < 4.78 is 0. The second kappa shape index (κ2) is 4.91. The van der Waals surface area contributed by atoms with Gasteiger partial charge in [0.25, 0.3) is 0 Å². The number of anilines is 1. The molecule has 4 nitrogen and oxygen atoms in total. The zero-order valence-corrected chi connectivity index (χ0v) is 10.1. The average Bonchev–Trinajstić information content (AvgIpc) is 2.29. The molecule has 2 rings (SSSR count). The lowest BCUT2D eigenvalue weighted by Crippen LogP contribution is -2.00. The number of nitrogens with zero attached hydrogens (tertiary/aromatic N) is 3. The highest BCUT2D eigenvalue weighted by atomic mass is 15.0. The van der Waals surface area contributed by atoms with Crippen LogP contribution in [0, 0.1) is 0 Å². The first-order chi connectivity index (χ1) is 8.15. The molecule has 17 heavy (non-hydrogen) atoms. The second-order valence-corrected chi connectivity index (χ2v) is 4.36. The zero-order chi connectivity index (χ0) is 12.3. The Hall–Kier alpha value is -1.97. The van der Waals surface area contributed by atoms with Crippen LogP contribution in [0.2, 0.25) is 0 Å². The van der Waals surface area contributed by atoms with E-state index in [0.29, 0.717) is 11.9 Å². The molecule has 0 saturated carbocycles. The van der Waals surface area contributed by atoms with Crippen LogP contribution in [0.5, 0.6) is 0 Å². The van der Waals surface area contributed by atoms with Gasteiger partial charge in [0.2, 0.25) is 5.95 Å². The van der Waals surface area contributed by atoms with Gasteiger partial charge in [0.1, 0.15) is 0 Å². The molecule has 0 aliphatic heterocycles. The van der Waals surface area contributed by atoms with Crippen molar-refractivity contribution < 1.29 is 0 Å². The van der Waals surface area contributed by atoms with Gasteiger partial charge in [-0.3, -0.25) is 4.98 Å². The smallest absolute Gasteiger partial charge is 0.220 e. The first kappa shape index (κ1) is 11.5. The third kappa shape index (κ3) is 3.00. The number of nitrogen functional groups attached to an aromatic ring is 1. The van der Waals surface area contributed by atoms with Crippen LogP contribution >= 0.6 is 0 Å². The molecule has 0 atom stereocenters. The molecule has 2 N–H and O–H groups in total. The maximum Gasteiger partial charge on any atom is 0.220 e. The van der Waals surface area contributed by atoms with Crippen molar-refractivity contribution in [2.75, 3.05) is 5.73 Å².